The van der Waals surface area contributed by atoms with Crippen molar-refractivity contribution >= 4 is 44.5 Å². The SMILES string of the molecule is Cc1cc(NC(=O)c2cccs2)cc(-c2nc3ccccc3s2)c1O. The third-order valence-corrected chi connectivity index (χ3v) is 5.77. The number of thiophene rings is 1. The number of amides is 1. The Balaban J connectivity index is 1.75. The van der Waals surface area contributed by atoms with E-state index >= 15 is 0 Å². The number of hydrogen-bond acceptors (Lipinski definition) is 5. The molecule has 0 aliphatic carbocycles. The van der Waals surface area contributed by atoms with Crippen LogP contribution in [0.3, 0.4) is 0 Å². The number of carbonyl (C=O) groups is 1. The predicted molar refractivity (Wildman–Crippen MR) is 104 cm³/mol. The van der Waals surface area contributed by atoms with Crippen molar-refractivity contribution in [2.45, 2.75) is 6.92 Å². The van der Waals surface area contributed by atoms with E-state index in [-0.39, 0.29) is 11.7 Å². The molecule has 0 fully saturated rings. The molecule has 0 saturated heterocycles. The molecule has 0 bridgehead atoms. The molecule has 2 aromatic carbocycles. The zero-order chi connectivity index (χ0) is 17.4. The number of nitrogens with zero attached hydrogens (tertiary/aromatic N) is 1. The number of para-hydroxylation sites is 1. The van der Waals surface area contributed by atoms with Crippen LogP contribution >= 0.6 is 22.7 Å². The number of rotatable bonds is 3. The zero-order valence-electron chi connectivity index (χ0n) is 13.3. The Morgan fingerprint density at radius 3 is 2.76 bits per heavy atom. The fourth-order valence-corrected chi connectivity index (χ4v) is 4.20. The number of anilines is 1. The summed E-state index contributed by atoms with van der Waals surface area (Å²) in [6, 6.07) is 15.0. The topological polar surface area (TPSA) is 62.2 Å². The van der Waals surface area contributed by atoms with Crippen LogP contribution in [0.1, 0.15) is 15.2 Å². The van der Waals surface area contributed by atoms with Gasteiger partial charge in [0.15, 0.2) is 0 Å². The lowest BCUT2D eigenvalue weighted by atomic mass is 10.1. The zero-order valence-corrected chi connectivity index (χ0v) is 14.9. The van der Waals surface area contributed by atoms with Crippen LogP contribution in [0.15, 0.2) is 53.9 Å². The van der Waals surface area contributed by atoms with Gasteiger partial charge >= 0.3 is 0 Å². The summed E-state index contributed by atoms with van der Waals surface area (Å²) in [5.74, 6) is 0.0310. The summed E-state index contributed by atoms with van der Waals surface area (Å²) in [7, 11) is 0. The Bertz CT molecular complexity index is 1040. The number of hydrogen-bond donors (Lipinski definition) is 2. The number of thiazole rings is 1. The van der Waals surface area contributed by atoms with Gasteiger partial charge in [0, 0.05) is 5.69 Å². The summed E-state index contributed by atoms with van der Waals surface area (Å²) in [4.78, 5) is 17.5. The maximum Gasteiger partial charge on any atom is 0.265 e. The molecule has 0 radical (unpaired) electrons. The second-order valence-corrected chi connectivity index (χ2v) is 7.59. The van der Waals surface area contributed by atoms with Gasteiger partial charge in [0.25, 0.3) is 5.91 Å². The van der Waals surface area contributed by atoms with Gasteiger partial charge in [0.05, 0.1) is 20.7 Å². The molecule has 25 heavy (non-hydrogen) atoms. The molecule has 4 aromatic rings. The van der Waals surface area contributed by atoms with Crippen molar-refractivity contribution in [3.63, 3.8) is 0 Å². The summed E-state index contributed by atoms with van der Waals surface area (Å²) >= 11 is 2.91. The molecule has 4 nitrogen and oxygen atoms in total. The van der Waals surface area contributed by atoms with Gasteiger partial charge in [-0.05, 0) is 48.2 Å². The smallest absolute Gasteiger partial charge is 0.265 e. The average molecular weight is 366 g/mol. The largest absolute Gasteiger partial charge is 0.507 e. The molecule has 0 saturated carbocycles. The first-order chi connectivity index (χ1) is 12.1. The van der Waals surface area contributed by atoms with E-state index in [4.69, 9.17) is 0 Å². The summed E-state index contributed by atoms with van der Waals surface area (Å²) in [5.41, 5.74) is 2.86. The van der Waals surface area contributed by atoms with Crippen molar-refractivity contribution in [1.29, 1.82) is 0 Å². The minimum Gasteiger partial charge on any atom is -0.507 e. The highest BCUT2D eigenvalue weighted by atomic mass is 32.1. The van der Waals surface area contributed by atoms with Crippen molar-refractivity contribution < 1.29 is 9.90 Å². The lowest BCUT2D eigenvalue weighted by molar-refractivity contribution is 0.103. The monoisotopic (exact) mass is 366 g/mol. The molecule has 2 heterocycles. The van der Waals surface area contributed by atoms with Crippen LogP contribution in [-0.2, 0) is 0 Å². The first kappa shape index (κ1) is 15.8. The Labute approximate surface area is 152 Å². The van der Waals surface area contributed by atoms with Crippen molar-refractivity contribution in [3.8, 4) is 16.3 Å². The van der Waals surface area contributed by atoms with Crippen LogP contribution < -0.4 is 5.32 Å². The Kier molecular flexibility index (Phi) is 3.99. The number of fused-ring (bicyclic) bond motifs is 1. The van der Waals surface area contributed by atoms with Gasteiger partial charge in [0.2, 0.25) is 0 Å². The van der Waals surface area contributed by atoms with Crippen molar-refractivity contribution in [2.24, 2.45) is 0 Å². The molecule has 0 aliphatic rings. The summed E-state index contributed by atoms with van der Waals surface area (Å²) in [6.45, 7) is 1.81. The minimum absolute atomic E-state index is 0.157. The van der Waals surface area contributed by atoms with E-state index in [1.165, 1.54) is 22.7 Å². The second-order valence-electron chi connectivity index (χ2n) is 5.61. The standard InChI is InChI=1S/C19H14N2O2S2/c1-11-9-12(20-18(23)16-7-4-8-24-16)10-13(17(11)22)19-21-14-5-2-3-6-15(14)25-19/h2-10,22H,1H3,(H,20,23). The summed E-state index contributed by atoms with van der Waals surface area (Å²) in [5, 5.41) is 16.0. The second kappa shape index (κ2) is 6.31. The summed E-state index contributed by atoms with van der Waals surface area (Å²) in [6.07, 6.45) is 0. The molecule has 124 valence electrons. The van der Waals surface area contributed by atoms with Gasteiger partial charge in [-0.2, -0.15) is 0 Å². The molecule has 0 atom stereocenters. The molecule has 2 aromatic heterocycles. The fourth-order valence-electron chi connectivity index (χ4n) is 2.60. The van der Waals surface area contributed by atoms with E-state index in [0.29, 0.717) is 21.7 Å². The van der Waals surface area contributed by atoms with Crippen LogP contribution in [-0.4, -0.2) is 16.0 Å². The van der Waals surface area contributed by atoms with Gasteiger partial charge in [-0.3, -0.25) is 4.79 Å². The first-order valence-electron chi connectivity index (χ1n) is 7.66. The highest BCUT2D eigenvalue weighted by Gasteiger charge is 2.15. The van der Waals surface area contributed by atoms with E-state index in [2.05, 4.69) is 10.3 Å². The lowest BCUT2D eigenvalue weighted by Gasteiger charge is -2.10. The first-order valence-corrected chi connectivity index (χ1v) is 9.36. The molecular weight excluding hydrogens is 352 g/mol. The highest BCUT2D eigenvalue weighted by molar-refractivity contribution is 7.21. The van der Waals surface area contributed by atoms with Crippen LogP contribution in [0.5, 0.6) is 5.75 Å². The Hall–Kier alpha value is -2.70. The highest BCUT2D eigenvalue weighted by Crippen LogP contribution is 2.38. The number of carbonyl (C=O) groups excluding carboxylic acids is 1. The van der Waals surface area contributed by atoms with Gasteiger partial charge < -0.3 is 10.4 Å². The molecule has 2 N–H and O–H groups in total. The molecule has 0 aliphatic heterocycles. The quantitative estimate of drug-likeness (QED) is 0.484. The predicted octanol–water partition coefficient (Wildman–Crippen LogP) is 5.29. The minimum atomic E-state index is -0.157. The van der Waals surface area contributed by atoms with Crippen molar-refractivity contribution in [1.82, 2.24) is 4.98 Å². The Morgan fingerprint density at radius 2 is 2.00 bits per heavy atom. The third kappa shape index (κ3) is 3.01. The fraction of sp³-hybridized carbons (Fsp3) is 0.0526. The van der Waals surface area contributed by atoms with Gasteiger partial charge in [-0.25, -0.2) is 4.98 Å². The van der Waals surface area contributed by atoms with Crippen molar-refractivity contribution in [2.75, 3.05) is 5.32 Å². The van der Waals surface area contributed by atoms with Gasteiger partial charge in [-0.15, -0.1) is 22.7 Å². The van der Waals surface area contributed by atoms with E-state index in [1.54, 1.807) is 18.2 Å². The number of aromatic hydroxyl groups is 1. The van der Waals surface area contributed by atoms with Crippen LogP contribution in [0.25, 0.3) is 20.8 Å². The van der Waals surface area contributed by atoms with E-state index in [9.17, 15) is 9.90 Å². The van der Waals surface area contributed by atoms with Crippen LogP contribution in [0, 0.1) is 6.92 Å². The van der Waals surface area contributed by atoms with Crippen LogP contribution in [0.2, 0.25) is 0 Å². The number of benzene rings is 2. The molecule has 0 unspecified atom stereocenters. The van der Waals surface area contributed by atoms with Crippen molar-refractivity contribution in [3.05, 3.63) is 64.4 Å². The van der Waals surface area contributed by atoms with E-state index in [1.807, 2.05) is 42.6 Å². The number of aryl methyl sites for hydroxylation is 1. The molecular formula is C19H14N2O2S2. The normalized spacial score (nSPS) is 10.9. The molecule has 1 amide bonds. The van der Waals surface area contributed by atoms with E-state index < -0.39 is 0 Å². The molecule has 6 heteroatoms. The van der Waals surface area contributed by atoms with Crippen LogP contribution in [0.4, 0.5) is 5.69 Å². The van der Waals surface area contributed by atoms with Gasteiger partial charge in [0.1, 0.15) is 10.8 Å². The maximum atomic E-state index is 12.3. The maximum absolute atomic E-state index is 12.3. The number of nitrogens with one attached hydrogen (secondary N) is 1. The van der Waals surface area contributed by atoms with Gasteiger partial charge in [-0.1, -0.05) is 18.2 Å². The Morgan fingerprint density at radius 1 is 1.16 bits per heavy atom. The van der Waals surface area contributed by atoms with E-state index in [0.717, 1.165) is 15.2 Å². The lowest BCUT2D eigenvalue weighted by Crippen LogP contribution is -2.10. The molecule has 4 rings (SSSR count). The number of phenols is 1. The average Bonchev–Trinajstić information content (AvgIpc) is 3.26. The summed E-state index contributed by atoms with van der Waals surface area (Å²) < 4.78 is 1.06. The number of aromatic nitrogens is 1. The number of phenolic OH excluding ortho intramolecular Hbond substituents is 1. The molecule has 0 spiro atoms. The third-order valence-electron chi connectivity index (χ3n) is 3.83.